The number of benzene rings is 2. The van der Waals surface area contributed by atoms with Crippen LogP contribution in [0.25, 0.3) is 10.8 Å². The van der Waals surface area contributed by atoms with Gasteiger partial charge in [0.1, 0.15) is 11.8 Å². The van der Waals surface area contributed by atoms with Crippen molar-refractivity contribution in [3.05, 3.63) is 42.5 Å². The molecule has 0 aliphatic heterocycles. The van der Waals surface area contributed by atoms with Crippen LogP contribution in [0.3, 0.4) is 0 Å². The maximum Gasteiger partial charge on any atom is 0.326 e. The molecule has 5 nitrogen and oxygen atoms in total. The highest BCUT2D eigenvalue weighted by Crippen LogP contribution is 2.25. The van der Waals surface area contributed by atoms with Crippen LogP contribution in [-0.4, -0.2) is 41.6 Å². The first-order chi connectivity index (χ1) is 11.0. The molecule has 0 aliphatic rings. The largest absolute Gasteiger partial charge is 0.493 e. The molecule has 0 bridgehead atoms. The zero-order valence-electron chi connectivity index (χ0n) is 13.4. The molecule has 0 saturated carbocycles. The molecule has 0 fully saturated rings. The van der Waals surface area contributed by atoms with Gasteiger partial charge in [0.2, 0.25) is 5.91 Å². The number of carboxylic acid groups (broad SMARTS) is 1. The van der Waals surface area contributed by atoms with Gasteiger partial charge in [-0.2, -0.15) is 0 Å². The molecular weight excluding hydrogens is 294 g/mol. The zero-order valence-corrected chi connectivity index (χ0v) is 13.4. The molecule has 0 saturated heterocycles. The van der Waals surface area contributed by atoms with Gasteiger partial charge in [-0.05, 0) is 24.8 Å². The van der Waals surface area contributed by atoms with Crippen LogP contribution >= 0.6 is 0 Å². The number of nitrogens with zero attached hydrogens (tertiary/aromatic N) is 1. The third-order valence-corrected chi connectivity index (χ3v) is 3.87. The lowest BCUT2D eigenvalue weighted by Gasteiger charge is -2.21. The van der Waals surface area contributed by atoms with E-state index in [0.717, 1.165) is 16.5 Å². The van der Waals surface area contributed by atoms with E-state index >= 15 is 0 Å². The van der Waals surface area contributed by atoms with E-state index < -0.39 is 12.0 Å². The number of rotatable bonds is 7. The first-order valence-corrected chi connectivity index (χ1v) is 7.59. The normalized spacial score (nSPS) is 11.9. The lowest BCUT2D eigenvalue weighted by molar-refractivity contribution is -0.148. The highest BCUT2D eigenvalue weighted by Gasteiger charge is 2.20. The maximum absolute atomic E-state index is 11.9. The molecule has 0 aromatic heterocycles. The second-order valence-corrected chi connectivity index (χ2v) is 5.45. The van der Waals surface area contributed by atoms with Gasteiger partial charge in [0.25, 0.3) is 0 Å². The number of hydrogen-bond acceptors (Lipinski definition) is 3. The molecule has 0 spiro atoms. The highest BCUT2D eigenvalue weighted by molar-refractivity contribution is 5.88. The predicted octanol–water partition coefficient (Wildman–Crippen LogP) is 2.93. The Morgan fingerprint density at radius 3 is 2.61 bits per heavy atom. The quantitative estimate of drug-likeness (QED) is 0.798. The predicted molar refractivity (Wildman–Crippen MR) is 88.5 cm³/mol. The van der Waals surface area contributed by atoms with Crippen LogP contribution in [0, 0.1) is 0 Å². The van der Waals surface area contributed by atoms with E-state index in [2.05, 4.69) is 0 Å². The van der Waals surface area contributed by atoms with Gasteiger partial charge in [0.05, 0.1) is 6.61 Å². The zero-order chi connectivity index (χ0) is 16.8. The monoisotopic (exact) mass is 315 g/mol. The SMILES string of the molecule is CC(C(=O)O)N(C)C(=O)CCCOc1cccc2ccccc12. The van der Waals surface area contributed by atoms with Crippen LogP contribution in [0.15, 0.2) is 42.5 Å². The average molecular weight is 315 g/mol. The molecule has 1 N–H and O–H groups in total. The molecule has 0 heterocycles. The van der Waals surface area contributed by atoms with Crippen molar-refractivity contribution in [3.63, 3.8) is 0 Å². The number of carbonyl (C=O) groups is 2. The number of ether oxygens (including phenoxy) is 1. The minimum absolute atomic E-state index is 0.193. The van der Waals surface area contributed by atoms with Crippen molar-refractivity contribution in [1.29, 1.82) is 0 Å². The third-order valence-electron chi connectivity index (χ3n) is 3.87. The van der Waals surface area contributed by atoms with Gasteiger partial charge in [-0.1, -0.05) is 36.4 Å². The number of hydrogen-bond donors (Lipinski definition) is 1. The van der Waals surface area contributed by atoms with Gasteiger partial charge >= 0.3 is 5.97 Å². The molecule has 0 radical (unpaired) electrons. The van der Waals surface area contributed by atoms with Gasteiger partial charge in [-0.25, -0.2) is 4.79 Å². The van der Waals surface area contributed by atoms with E-state index in [1.165, 1.54) is 18.9 Å². The Bertz CT molecular complexity index is 693. The van der Waals surface area contributed by atoms with Crippen LogP contribution in [0.4, 0.5) is 0 Å². The third kappa shape index (κ3) is 4.22. The second-order valence-electron chi connectivity index (χ2n) is 5.45. The Morgan fingerprint density at radius 1 is 1.17 bits per heavy atom. The minimum atomic E-state index is -1.01. The van der Waals surface area contributed by atoms with Gasteiger partial charge in [0.15, 0.2) is 0 Å². The molecule has 122 valence electrons. The Labute approximate surface area is 135 Å². The highest BCUT2D eigenvalue weighted by atomic mass is 16.5. The van der Waals surface area contributed by atoms with Crippen LogP contribution in [-0.2, 0) is 9.59 Å². The smallest absolute Gasteiger partial charge is 0.326 e. The number of likely N-dealkylation sites (N-methyl/N-ethyl adjacent to an activating group) is 1. The number of carboxylic acids is 1. The van der Waals surface area contributed by atoms with Crippen molar-refractivity contribution in [2.75, 3.05) is 13.7 Å². The van der Waals surface area contributed by atoms with Gasteiger partial charge in [-0.15, -0.1) is 0 Å². The molecule has 2 aromatic rings. The van der Waals surface area contributed by atoms with Gasteiger partial charge < -0.3 is 14.7 Å². The van der Waals surface area contributed by atoms with Crippen molar-refractivity contribution >= 4 is 22.6 Å². The summed E-state index contributed by atoms with van der Waals surface area (Å²) in [7, 11) is 1.51. The molecule has 5 heteroatoms. The van der Waals surface area contributed by atoms with Crippen LogP contribution in [0.2, 0.25) is 0 Å². The summed E-state index contributed by atoms with van der Waals surface area (Å²) in [5, 5.41) is 11.1. The topological polar surface area (TPSA) is 66.8 Å². The fourth-order valence-corrected chi connectivity index (χ4v) is 2.29. The lowest BCUT2D eigenvalue weighted by Crippen LogP contribution is -2.40. The standard InChI is InChI=1S/C18H21NO4/c1-13(18(21)22)19(2)17(20)11-6-12-23-16-10-5-8-14-7-3-4-9-15(14)16/h3-5,7-10,13H,6,11-12H2,1-2H3,(H,21,22). The summed E-state index contributed by atoms with van der Waals surface area (Å²) in [6.45, 7) is 1.90. The van der Waals surface area contributed by atoms with Crippen molar-refractivity contribution in [1.82, 2.24) is 4.90 Å². The Kier molecular flexibility index (Phi) is 5.57. The molecule has 1 unspecified atom stereocenters. The summed E-state index contributed by atoms with van der Waals surface area (Å²) in [5.41, 5.74) is 0. The average Bonchev–Trinajstić information content (AvgIpc) is 2.57. The number of amides is 1. The van der Waals surface area contributed by atoms with Gasteiger partial charge in [-0.3, -0.25) is 4.79 Å². The molecule has 2 aromatic carbocycles. The number of carbonyl (C=O) groups excluding carboxylic acids is 1. The van der Waals surface area contributed by atoms with E-state index in [1.807, 2.05) is 42.5 Å². The number of aliphatic carboxylic acids is 1. The Balaban J connectivity index is 1.85. The van der Waals surface area contributed by atoms with Crippen LogP contribution in [0.5, 0.6) is 5.75 Å². The number of fused-ring (bicyclic) bond motifs is 1. The summed E-state index contributed by atoms with van der Waals surface area (Å²) in [6.07, 6.45) is 0.803. The first-order valence-electron chi connectivity index (χ1n) is 7.59. The van der Waals surface area contributed by atoms with E-state index in [9.17, 15) is 9.59 Å². The second kappa shape index (κ2) is 7.63. The van der Waals surface area contributed by atoms with Crippen molar-refractivity contribution in [3.8, 4) is 5.75 Å². The maximum atomic E-state index is 11.9. The van der Waals surface area contributed by atoms with Crippen LogP contribution in [0.1, 0.15) is 19.8 Å². The van der Waals surface area contributed by atoms with E-state index in [1.54, 1.807) is 0 Å². The first kappa shape index (κ1) is 16.8. The fourth-order valence-electron chi connectivity index (χ4n) is 2.29. The Hall–Kier alpha value is -2.56. The molecular formula is C18H21NO4. The van der Waals surface area contributed by atoms with Gasteiger partial charge in [0, 0.05) is 18.9 Å². The molecule has 0 aliphatic carbocycles. The fraction of sp³-hybridized carbons (Fsp3) is 0.333. The summed E-state index contributed by atoms with van der Waals surface area (Å²) in [4.78, 5) is 24.0. The molecule has 1 amide bonds. The molecule has 23 heavy (non-hydrogen) atoms. The summed E-state index contributed by atoms with van der Waals surface area (Å²) < 4.78 is 5.77. The molecule has 2 rings (SSSR count). The summed E-state index contributed by atoms with van der Waals surface area (Å²) >= 11 is 0. The summed E-state index contributed by atoms with van der Waals surface area (Å²) in [5.74, 6) is -0.405. The minimum Gasteiger partial charge on any atom is -0.493 e. The van der Waals surface area contributed by atoms with Crippen molar-refractivity contribution in [2.45, 2.75) is 25.8 Å². The van der Waals surface area contributed by atoms with Crippen molar-refractivity contribution in [2.24, 2.45) is 0 Å². The van der Waals surface area contributed by atoms with Crippen molar-refractivity contribution < 1.29 is 19.4 Å². The molecule has 1 atom stereocenters. The van der Waals surface area contributed by atoms with E-state index in [-0.39, 0.29) is 12.3 Å². The van der Waals surface area contributed by atoms with E-state index in [4.69, 9.17) is 9.84 Å². The Morgan fingerprint density at radius 2 is 1.87 bits per heavy atom. The van der Waals surface area contributed by atoms with Crippen LogP contribution < -0.4 is 4.74 Å². The summed E-state index contributed by atoms with van der Waals surface area (Å²) in [6, 6.07) is 13.0. The van der Waals surface area contributed by atoms with E-state index in [0.29, 0.717) is 13.0 Å². The lowest BCUT2D eigenvalue weighted by atomic mass is 10.1.